The van der Waals surface area contributed by atoms with E-state index in [0.29, 0.717) is 22.3 Å². The summed E-state index contributed by atoms with van der Waals surface area (Å²) >= 11 is 0. The van der Waals surface area contributed by atoms with Crippen LogP contribution in [0.2, 0.25) is 0 Å². The SMILES string of the molecule is [2H][C@]1(c2ccc(-n3cc4cccc(C(N)=O)c4n3)cc2)CNCC(F)(F)C1. The number of nitrogens with two attached hydrogens (primary N) is 1. The van der Waals surface area contributed by atoms with Crippen molar-refractivity contribution in [3.63, 3.8) is 0 Å². The first kappa shape index (κ1) is 15.5. The van der Waals surface area contributed by atoms with Crippen molar-refractivity contribution < 1.29 is 14.9 Å². The van der Waals surface area contributed by atoms with Crippen LogP contribution < -0.4 is 11.1 Å². The number of halogens is 2. The molecule has 2 aromatic carbocycles. The zero-order valence-corrected chi connectivity index (χ0v) is 13.9. The summed E-state index contributed by atoms with van der Waals surface area (Å²) in [5.41, 5.74) is 7.45. The molecule has 1 atom stereocenters. The third-order valence-electron chi connectivity index (χ3n) is 4.54. The number of nitrogens with one attached hydrogen (secondary N) is 1. The Balaban J connectivity index is 1.68. The molecule has 4 rings (SSSR count). The van der Waals surface area contributed by atoms with E-state index in [1.807, 2.05) is 6.07 Å². The van der Waals surface area contributed by atoms with Crippen LogP contribution in [-0.4, -0.2) is 34.7 Å². The number of nitrogens with zero attached hydrogens (tertiary/aromatic N) is 2. The quantitative estimate of drug-likeness (QED) is 0.757. The largest absolute Gasteiger partial charge is 0.366 e. The van der Waals surface area contributed by atoms with Crippen LogP contribution in [0.3, 0.4) is 0 Å². The molecule has 0 saturated carbocycles. The van der Waals surface area contributed by atoms with Gasteiger partial charge in [0, 0.05) is 31.8 Å². The number of benzene rings is 2. The number of rotatable bonds is 3. The van der Waals surface area contributed by atoms with Crippen molar-refractivity contribution in [1.29, 1.82) is 0 Å². The van der Waals surface area contributed by atoms with Gasteiger partial charge < -0.3 is 11.1 Å². The van der Waals surface area contributed by atoms with Gasteiger partial charge in [-0.25, -0.2) is 13.5 Å². The summed E-state index contributed by atoms with van der Waals surface area (Å²) in [6, 6.07) is 12.0. The highest BCUT2D eigenvalue weighted by Crippen LogP contribution is 2.33. The van der Waals surface area contributed by atoms with Gasteiger partial charge in [-0.05, 0) is 23.8 Å². The Labute approximate surface area is 150 Å². The van der Waals surface area contributed by atoms with Gasteiger partial charge in [0.15, 0.2) is 0 Å². The lowest BCUT2D eigenvalue weighted by Gasteiger charge is -2.30. The maximum Gasteiger partial charge on any atom is 0.260 e. The molecule has 5 nitrogen and oxygen atoms in total. The predicted octanol–water partition coefficient (Wildman–Crippen LogP) is 2.84. The number of amides is 1. The first-order valence-corrected chi connectivity index (χ1v) is 8.25. The Hall–Kier alpha value is -2.80. The fourth-order valence-electron chi connectivity index (χ4n) is 3.26. The minimum atomic E-state index is -2.90. The Bertz CT molecular complexity index is 1020. The van der Waals surface area contributed by atoms with Crippen LogP contribution in [0.25, 0.3) is 16.6 Å². The topological polar surface area (TPSA) is 72.9 Å². The maximum absolute atomic E-state index is 13.7. The van der Waals surface area contributed by atoms with Crippen molar-refractivity contribution >= 4 is 16.8 Å². The molecule has 0 spiro atoms. The molecule has 1 aliphatic heterocycles. The number of hydrogen-bond donors (Lipinski definition) is 2. The van der Waals surface area contributed by atoms with E-state index in [0.717, 1.165) is 5.39 Å². The van der Waals surface area contributed by atoms with E-state index in [2.05, 4.69) is 10.4 Å². The number of aromatic nitrogens is 2. The molecule has 1 saturated heterocycles. The second-order valence-corrected chi connectivity index (χ2v) is 6.47. The van der Waals surface area contributed by atoms with E-state index in [9.17, 15) is 13.6 Å². The van der Waals surface area contributed by atoms with E-state index < -0.39 is 30.7 Å². The lowest BCUT2D eigenvalue weighted by atomic mass is 9.90. The van der Waals surface area contributed by atoms with Crippen molar-refractivity contribution in [2.75, 3.05) is 13.1 Å². The lowest BCUT2D eigenvalue weighted by molar-refractivity contribution is -0.0277. The van der Waals surface area contributed by atoms with Gasteiger partial charge in [0.05, 0.1) is 17.8 Å². The summed E-state index contributed by atoms with van der Waals surface area (Å²) in [5, 5.41) is 7.84. The van der Waals surface area contributed by atoms with E-state index >= 15 is 0 Å². The summed E-state index contributed by atoms with van der Waals surface area (Å²) < 4.78 is 37.5. The molecule has 3 aromatic rings. The number of carbonyl (C=O) groups is 1. The number of primary amides is 1. The van der Waals surface area contributed by atoms with Gasteiger partial charge in [0.2, 0.25) is 0 Å². The van der Waals surface area contributed by atoms with Crippen LogP contribution in [0, 0.1) is 0 Å². The molecule has 0 unspecified atom stereocenters. The Morgan fingerprint density at radius 3 is 2.77 bits per heavy atom. The minimum absolute atomic E-state index is 0.176. The summed E-state index contributed by atoms with van der Waals surface area (Å²) in [7, 11) is 0. The monoisotopic (exact) mass is 357 g/mol. The summed E-state index contributed by atoms with van der Waals surface area (Å²) in [5.74, 6) is -4.83. The molecule has 7 heteroatoms. The number of alkyl halides is 2. The van der Waals surface area contributed by atoms with E-state index in [1.54, 1.807) is 47.3 Å². The number of piperidine rings is 1. The van der Waals surface area contributed by atoms with Crippen molar-refractivity contribution in [3.05, 3.63) is 59.8 Å². The van der Waals surface area contributed by atoms with Crippen LogP contribution >= 0.6 is 0 Å². The predicted molar refractivity (Wildman–Crippen MR) is 94.8 cm³/mol. The normalized spacial score (nSPS) is 22.9. The van der Waals surface area contributed by atoms with E-state index in [1.165, 1.54) is 0 Å². The average molecular weight is 357 g/mol. The fourth-order valence-corrected chi connectivity index (χ4v) is 3.26. The summed E-state index contributed by atoms with van der Waals surface area (Å²) in [6.45, 7) is -0.219. The summed E-state index contributed by atoms with van der Waals surface area (Å²) in [6.07, 6.45) is 1.25. The van der Waals surface area contributed by atoms with Gasteiger partial charge in [-0.2, -0.15) is 5.10 Å². The molecule has 26 heavy (non-hydrogen) atoms. The second-order valence-electron chi connectivity index (χ2n) is 6.47. The standard InChI is InChI=1S/C19H18F2N4O/c20-19(21)8-14(9-23-11-19)12-4-6-15(7-5-12)25-10-13-2-1-3-16(18(22)26)17(13)24-25/h1-7,10,14,23H,8-9,11H2,(H2,22,26)/t14-/m1/s1/i14D. The molecule has 2 heterocycles. The number of hydrogen-bond acceptors (Lipinski definition) is 3. The van der Waals surface area contributed by atoms with E-state index in [-0.39, 0.29) is 6.54 Å². The van der Waals surface area contributed by atoms with Gasteiger partial charge >= 0.3 is 0 Å². The molecular weight excluding hydrogens is 338 g/mol. The Morgan fingerprint density at radius 2 is 2.08 bits per heavy atom. The zero-order valence-electron chi connectivity index (χ0n) is 14.9. The van der Waals surface area contributed by atoms with Crippen LogP contribution in [0.15, 0.2) is 48.7 Å². The van der Waals surface area contributed by atoms with Crippen LogP contribution in [0.1, 0.15) is 29.6 Å². The smallest absolute Gasteiger partial charge is 0.260 e. The van der Waals surface area contributed by atoms with Gasteiger partial charge in [0.25, 0.3) is 11.8 Å². The maximum atomic E-state index is 13.7. The second kappa shape index (κ2) is 6.17. The minimum Gasteiger partial charge on any atom is -0.366 e. The first-order valence-electron chi connectivity index (χ1n) is 8.75. The Morgan fingerprint density at radius 1 is 1.31 bits per heavy atom. The molecule has 0 bridgehead atoms. The molecule has 3 N–H and O–H groups in total. The molecule has 134 valence electrons. The highest BCUT2D eigenvalue weighted by molar-refractivity contribution is 6.04. The van der Waals surface area contributed by atoms with Crippen LogP contribution in [0.4, 0.5) is 8.78 Å². The van der Waals surface area contributed by atoms with Crippen molar-refractivity contribution in [2.24, 2.45) is 5.73 Å². The van der Waals surface area contributed by atoms with Crippen LogP contribution in [0.5, 0.6) is 0 Å². The fraction of sp³-hybridized carbons (Fsp3) is 0.263. The number of carbonyl (C=O) groups excluding carboxylic acids is 1. The number of fused-ring (bicyclic) bond motifs is 1. The third-order valence-corrected chi connectivity index (χ3v) is 4.54. The van der Waals surface area contributed by atoms with Crippen molar-refractivity contribution in [1.82, 2.24) is 15.1 Å². The molecular formula is C19H18F2N4O. The van der Waals surface area contributed by atoms with E-state index in [4.69, 9.17) is 7.10 Å². The molecule has 0 aliphatic carbocycles. The van der Waals surface area contributed by atoms with Crippen molar-refractivity contribution in [3.8, 4) is 5.69 Å². The molecule has 1 aliphatic rings. The zero-order chi connectivity index (χ0) is 19.2. The molecule has 1 aromatic heterocycles. The van der Waals surface area contributed by atoms with Gasteiger partial charge in [-0.15, -0.1) is 0 Å². The van der Waals surface area contributed by atoms with Gasteiger partial charge in [-0.1, -0.05) is 24.3 Å². The highest BCUT2D eigenvalue weighted by atomic mass is 19.3. The molecule has 0 radical (unpaired) electrons. The van der Waals surface area contributed by atoms with Gasteiger partial charge in [0.1, 0.15) is 5.52 Å². The lowest BCUT2D eigenvalue weighted by Crippen LogP contribution is -2.42. The van der Waals surface area contributed by atoms with Crippen LogP contribution in [-0.2, 0) is 0 Å². The molecule has 1 fully saturated rings. The third kappa shape index (κ3) is 3.06. The van der Waals surface area contributed by atoms with Gasteiger partial charge in [-0.3, -0.25) is 4.79 Å². The summed E-state index contributed by atoms with van der Waals surface area (Å²) in [4.78, 5) is 11.6. The van der Waals surface area contributed by atoms with Crippen molar-refractivity contribution in [2.45, 2.75) is 18.2 Å². The molecule has 1 amide bonds. The first-order chi connectivity index (χ1) is 12.8. The average Bonchev–Trinajstić information content (AvgIpc) is 3.04. The highest BCUT2D eigenvalue weighted by Gasteiger charge is 2.36. The Kier molecular flexibility index (Phi) is 3.67.